The average Bonchev–Trinajstić information content (AvgIpc) is 2.99. The third kappa shape index (κ3) is 2.36. The highest BCUT2D eigenvalue weighted by molar-refractivity contribution is 5.98. The van der Waals surface area contributed by atoms with Gasteiger partial charge in [0.2, 0.25) is 0 Å². The molecule has 1 N–H and O–H groups in total. The van der Waals surface area contributed by atoms with Crippen LogP contribution in [0.15, 0.2) is 53.1 Å². The van der Waals surface area contributed by atoms with Crippen molar-refractivity contribution in [2.45, 2.75) is 63.4 Å². The Kier molecular flexibility index (Phi) is 3.97. The number of ketones is 1. The van der Waals surface area contributed by atoms with Gasteiger partial charge in [-0.1, -0.05) is 48.7 Å². The van der Waals surface area contributed by atoms with Gasteiger partial charge in [-0.3, -0.25) is 4.79 Å². The Labute approximate surface area is 167 Å². The summed E-state index contributed by atoms with van der Waals surface area (Å²) in [5.41, 5.74) is 4.27. The minimum Gasteiger partial charge on any atom is -0.377 e. The van der Waals surface area contributed by atoms with Crippen LogP contribution >= 0.6 is 0 Å². The van der Waals surface area contributed by atoms with Crippen LogP contribution in [0.5, 0.6) is 0 Å². The number of benzene rings is 1. The lowest BCUT2D eigenvalue weighted by atomic mass is 9.55. The molecule has 0 amide bonds. The molecule has 5 rings (SSSR count). The minimum atomic E-state index is -0.959. The van der Waals surface area contributed by atoms with Crippen LogP contribution in [0, 0.1) is 29.6 Å². The normalized spacial score (nSPS) is 39.5. The van der Waals surface area contributed by atoms with Crippen molar-refractivity contribution in [1.29, 1.82) is 0 Å². The molecule has 0 heterocycles. The van der Waals surface area contributed by atoms with E-state index in [0.29, 0.717) is 11.8 Å². The van der Waals surface area contributed by atoms with E-state index in [-0.39, 0.29) is 17.1 Å². The Balaban J connectivity index is 1.54. The molecule has 2 heteroatoms. The minimum absolute atomic E-state index is 0.0503. The van der Waals surface area contributed by atoms with Gasteiger partial charge in [0.1, 0.15) is 5.60 Å². The maximum absolute atomic E-state index is 12.8. The zero-order valence-electron chi connectivity index (χ0n) is 16.6. The predicted octanol–water partition coefficient (Wildman–Crippen LogP) is 4.95. The largest absolute Gasteiger partial charge is 0.377 e. The molecule has 1 aromatic rings. The fraction of sp³-hybridized carbons (Fsp3) is 0.500. The van der Waals surface area contributed by atoms with E-state index in [1.165, 1.54) is 11.1 Å². The number of carbonyl (C=O) groups is 1. The van der Waals surface area contributed by atoms with Crippen molar-refractivity contribution in [1.82, 2.24) is 0 Å². The van der Waals surface area contributed by atoms with E-state index >= 15 is 0 Å². The number of fused-ring (bicyclic) bond motifs is 4. The van der Waals surface area contributed by atoms with Gasteiger partial charge in [0, 0.05) is 5.41 Å². The number of hydrogen-bond acceptors (Lipinski definition) is 2. The first-order valence-corrected chi connectivity index (χ1v) is 10.7. The van der Waals surface area contributed by atoms with Crippen molar-refractivity contribution < 1.29 is 9.90 Å². The first kappa shape index (κ1) is 18.0. The fourth-order valence-electron chi connectivity index (χ4n) is 6.76. The van der Waals surface area contributed by atoms with E-state index in [1.807, 2.05) is 24.3 Å². The van der Waals surface area contributed by atoms with Crippen molar-refractivity contribution in [3.63, 3.8) is 0 Å². The van der Waals surface area contributed by atoms with E-state index in [1.54, 1.807) is 5.57 Å². The molecular formula is C26H28O2. The highest BCUT2D eigenvalue weighted by Crippen LogP contribution is 2.63. The molecule has 5 atom stereocenters. The van der Waals surface area contributed by atoms with Gasteiger partial charge in [0.15, 0.2) is 5.78 Å². The Morgan fingerprint density at radius 3 is 2.68 bits per heavy atom. The fourth-order valence-corrected chi connectivity index (χ4v) is 6.76. The summed E-state index contributed by atoms with van der Waals surface area (Å²) in [5.74, 6) is 3.93. The van der Waals surface area contributed by atoms with Crippen molar-refractivity contribution in [3.8, 4) is 12.3 Å². The molecule has 0 aliphatic heterocycles. The topological polar surface area (TPSA) is 37.3 Å². The van der Waals surface area contributed by atoms with Gasteiger partial charge in [-0.2, -0.15) is 0 Å². The summed E-state index contributed by atoms with van der Waals surface area (Å²) in [7, 11) is 0. The summed E-state index contributed by atoms with van der Waals surface area (Å²) in [6.07, 6.45) is 14.3. The number of allylic oxidation sites excluding steroid dienone is 4. The lowest BCUT2D eigenvalue weighted by Gasteiger charge is -2.50. The third-order valence-corrected chi connectivity index (χ3v) is 8.44. The monoisotopic (exact) mass is 372 g/mol. The molecule has 4 aliphatic carbocycles. The molecule has 2 saturated carbocycles. The smallest absolute Gasteiger partial charge is 0.163 e. The maximum Gasteiger partial charge on any atom is 0.163 e. The molecule has 0 saturated heterocycles. The van der Waals surface area contributed by atoms with Gasteiger partial charge in [0.25, 0.3) is 0 Å². The number of carbonyl (C=O) groups excluding carboxylic acids is 1. The van der Waals surface area contributed by atoms with Crippen LogP contribution in [-0.2, 0) is 4.79 Å². The number of aliphatic hydroxyl groups is 1. The molecule has 144 valence electrons. The van der Waals surface area contributed by atoms with Gasteiger partial charge in [-0.15, -0.1) is 6.42 Å². The van der Waals surface area contributed by atoms with Crippen molar-refractivity contribution >= 4 is 5.78 Å². The SMILES string of the molecule is C#C[C@]1(O)CC[C@H]2[C@@H]3CCC4=CC(=O)C(c5ccccc5)CC4=C3CC[C@@]21C. The average molecular weight is 373 g/mol. The second-order valence-electron chi connectivity index (χ2n) is 9.46. The van der Waals surface area contributed by atoms with Crippen LogP contribution in [-0.4, -0.2) is 16.5 Å². The first-order valence-electron chi connectivity index (χ1n) is 10.7. The van der Waals surface area contributed by atoms with Crippen molar-refractivity contribution in [3.05, 3.63) is 58.7 Å². The third-order valence-electron chi connectivity index (χ3n) is 8.44. The molecule has 0 bridgehead atoms. The molecule has 0 radical (unpaired) electrons. The standard InChI is InChI=1S/C26H28O2/c1-3-26(28)14-12-23-20-10-9-18-15-24(27)22(17-7-5-4-6-8-17)16-21(18)19(20)11-13-25(23,26)2/h1,4-8,15,20,22-23,28H,9-14,16H2,2H3/t20-,22?,23+,25+,26+/m1/s1. The Morgan fingerprint density at radius 1 is 1.14 bits per heavy atom. The van der Waals surface area contributed by atoms with E-state index < -0.39 is 5.60 Å². The second-order valence-corrected chi connectivity index (χ2v) is 9.46. The molecular weight excluding hydrogens is 344 g/mol. The first-order chi connectivity index (χ1) is 13.5. The predicted molar refractivity (Wildman–Crippen MR) is 110 cm³/mol. The lowest BCUT2D eigenvalue weighted by molar-refractivity contribution is -0.116. The van der Waals surface area contributed by atoms with Gasteiger partial charge in [0.05, 0.1) is 5.92 Å². The van der Waals surface area contributed by atoms with E-state index in [2.05, 4.69) is 25.0 Å². The van der Waals surface area contributed by atoms with Gasteiger partial charge in [-0.25, -0.2) is 0 Å². The van der Waals surface area contributed by atoms with Crippen molar-refractivity contribution in [2.75, 3.05) is 0 Å². The Bertz CT molecular complexity index is 931. The number of terminal acetylenes is 1. The van der Waals surface area contributed by atoms with Gasteiger partial charge >= 0.3 is 0 Å². The van der Waals surface area contributed by atoms with E-state index in [0.717, 1.165) is 50.5 Å². The second kappa shape index (κ2) is 6.19. The lowest BCUT2D eigenvalue weighted by Crippen LogP contribution is -2.49. The zero-order valence-corrected chi connectivity index (χ0v) is 16.6. The Morgan fingerprint density at radius 2 is 1.93 bits per heavy atom. The van der Waals surface area contributed by atoms with Gasteiger partial charge < -0.3 is 5.11 Å². The van der Waals surface area contributed by atoms with Crippen LogP contribution in [0.2, 0.25) is 0 Å². The van der Waals surface area contributed by atoms with Gasteiger partial charge in [-0.05, 0) is 79.6 Å². The summed E-state index contributed by atoms with van der Waals surface area (Å²) in [4.78, 5) is 12.8. The molecule has 4 aliphatic rings. The van der Waals surface area contributed by atoms with Crippen LogP contribution in [0.3, 0.4) is 0 Å². The summed E-state index contributed by atoms with van der Waals surface area (Å²) < 4.78 is 0. The van der Waals surface area contributed by atoms with Crippen molar-refractivity contribution in [2.24, 2.45) is 17.3 Å². The molecule has 0 spiro atoms. The van der Waals surface area contributed by atoms with Crippen LogP contribution < -0.4 is 0 Å². The number of hydrogen-bond donors (Lipinski definition) is 1. The summed E-state index contributed by atoms with van der Waals surface area (Å²) in [6, 6.07) is 10.2. The molecule has 0 aromatic heterocycles. The molecule has 1 aromatic carbocycles. The maximum atomic E-state index is 12.8. The summed E-state index contributed by atoms with van der Waals surface area (Å²) in [6.45, 7) is 2.22. The molecule has 2 nitrogen and oxygen atoms in total. The Hall–Kier alpha value is -2.11. The van der Waals surface area contributed by atoms with E-state index in [4.69, 9.17) is 6.42 Å². The molecule has 28 heavy (non-hydrogen) atoms. The molecule has 1 unspecified atom stereocenters. The quantitative estimate of drug-likeness (QED) is 0.708. The highest BCUT2D eigenvalue weighted by atomic mass is 16.3. The van der Waals surface area contributed by atoms with Crippen LogP contribution in [0.4, 0.5) is 0 Å². The van der Waals surface area contributed by atoms with Crippen LogP contribution in [0.25, 0.3) is 0 Å². The zero-order chi connectivity index (χ0) is 19.5. The van der Waals surface area contributed by atoms with Crippen LogP contribution in [0.1, 0.15) is 63.4 Å². The summed E-state index contributed by atoms with van der Waals surface area (Å²) in [5, 5.41) is 11.1. The summed E-state index contributed by atoms with van der Waals surface area (Å²) >= 11 is 0. The number of rotatable bonds is 1. The highest BCUT2D eigenvalue weighted by Gasteiger charge is 2.60. The van der Waals surface area contributed by atoms with E-state index in [9.17, 15) is 9.90 Å². The molecule has 2 fully saturated rings.